The fourth-order valence-electron chi connectivity index (χ4n) is 3.48. The summed E-state index contributed by atoms with van der Waals surface area (Å²) in [5.41, 5.74) is -0.993. The number of amides is 1. The van der Waals surface area contributed by atoms with Crippen molar-refractivity contribution in [3.8, 4) is 0 Å². The second-order valence-electron chi connectivity index (χ2n) is 7.22. The van der Waals surface area contributed by atoms with Crippen LogP contribution in [0.2, 0.25) is 5.02 Å². The Labute approximate surface area is 185 Å². The van der Waals surface area contributed by atoms with Crippen LogP contribution in [-0.4, -0.2) is 32.4 Å². The number of halogens is 2. The van der Waals surface area contributed by atoms with E-state index in [1.165, 1.54) is 18.2 Å². The Hall–Kier alpha value is -2.65. The predicted molar refractivity (Wildman–Crippen MR) is 114 cm³/mol. The number of rotatable bonds is 7. The average molecular weight is 469 g/mol. The SMILES string of the molecule is CCOC(=O)C1(NC(=O)c2ccc(Cl)c(NS(=O)(=O)c3ccc(F)cc3)c2)CCCC1. The highest BCUT2D eigenvalue weighted by Crippen LogP contribution is 2.32. The fraction of sp³-hybridized carbons (Fsp3) is 0.333. The first-order chi connectivity index (χ1) is 14.7. The number of nitrogens with one attached hydrogen (secondary N) is 2. The number of anilines is 1. The van der Waals surface area contributed by atoms with Crippen LogP contribution in [0.25, 0.3) is 0 Å². The summed E-state index contributed by atoms with van der Waals surface area (Å²) < 4.78 is 45.7. The van der Waals surface area contributed by atoms with Gasteiger partial charge < -0.3 is 10.1 Å². The van der Waals surface area contributed by atoms with Gasteiger partial charge in [-0.05, 0) is 62.2 Å². The van der Waals surface area contributed by atoms with E-state index >= 15 is 0 Å². The van der Waals surface area contributed by atoms with Gasteiger partial charge in [-0.2, -0.15) is 0 Å². The normalized spacial score (nSPS) is 15.3. The Bertz CT molecular complexity index is 1080. The summed E-state index contributed by atoms with van der Waals surface area (Å²) in [4.78, 5) is 25.2. The second-order valence-corrected chi connectivity index (χ2v) is 9.31. The van der Waals surface area contributed by atoms with Crippen molar-refractivity contribution in [2.75, 3.05) is 11.3 Å². The summed E-state index contributed by atoms with van der Waals surface area (Å²) in [5.74, 6) is -1.60. The van der Waals surface area contributed by atoms with Gasteiger partial charge in [0, 0.05) is 5.56 Å². The van der Waals surface area contributed by atoms with Gasteiger partial charge in [0.05, 0.1) is 22.2 Å². The predicted octanol–water partition coefficient (Wildman–Crippen LogP) is 3.89. The zero-order valence-corrected chi connectivity index (χ0v) is 18.4. The summed E-state index contributed by atoms with van der Waals surface area (Å²) >= 11 is 6.12. The molecule has 0 atom stereocenters. The third kappa shape index (κ3) is 5.16. The van der Waals surface area contributed by atoms with Crippen LogP contribution >= 0.6 is 11.6 Å². The van der Waals surface area contributed by atoms with Crippen LogP contribution in [0.1, 0.15) is 43.0 Å². The average Bonchev–Trinajstić information content (AvgIpc) is 3.19. The lowest BCUT2D eigenvalue weighted by Crippen LogP contribution is -2.53. The van der Waals surface area contributed by atoms with E-state index < -0.39 is 33.3 Å². The lowest BCUT2D eigenvalue weighted by atomic mass is 9.97. The van der Waals surface area contributed by atoms with Crippen molar-refractivity contribution in [3.63, 3.8) is 0 Å². The molecule has 0 unspecified atom stereocenters. The van der Waals surface area contributed by atoms with Crippen LogP contribution in [0.5, 0.6) is 0 Å². The molecule has 31 heavy (non-hydrogen) atoms. The molecule has 166 valence electrons. The van der Waals surface area contributed by atoms with Crippen LogP contribution in [0.15, 0.2) is 47.4 Å². The minimum atomic E-state index is -4.06. The largest absolute Gasteiger partial charge is 0.464 e. The number of hydrogen-bond acceptors (Lipinski definition) is 5. The summed E-state index contributed by atoms with van der Waals surface area (Å²) in [5, 5.41) is 2.84. The topological polar surface area (TPSA) is 102 Å². The van der Waals surface area contributed by atoms with Gasteiger partial charge >= 0.3 is 5.97 Å². The smallest absolute Gasteiger partial charge is 0.331 e. The molecule has 2 N–H and O–H groups in total. The van der Waals surface area contributed by atoms with Crippen molar-refractivity contribution >= 4 is 39.2 Å². The van der Waals surface area contributed by atoms with E-state index in [1.54, 1.807) is 6.92 Å². The van der Waals surface area contributed by atoms with Gasteiger partial charge in [-0.3, -0.25) is 9.52 Å². The van der Waals surface area contributed by atoms with E-state index in [-0.39, 0.29) is 27.8 Å². The lowest BCUT2D eigenvalue weighted by Gasteiger charge is -2.27. The third-order valence-corrected chi connectivity index (χ3v) is 6.78. The molecule has 0 heterocycles. The van der Waals surface area contributed by atoms with Crippen molar-refractivity contribution in [1.29, 1.82) is 0 Å². The van der Waals surface area contributed by atoms with Gasteiger partial charge in [0.1, 0.15) is 11.4 Å². The van der Waals surface area contributed by atoms with Crippen molar-refractivity contribution in [2.45, 2.75) is 43.0 Å². The minimum absolute atomic E-state index is 0.0183. The van der Waals surface area contributed by atoms with Gasteiger partial charge in [0.15, 0.2) is 0 Å². The van der Waals surface area contributed by atoms with E-state index in [9.17, 15) is 22.4 Å². The maximum absolute atomic E-state index is 13.1. The molecule has 0 bridgehead atoms. The Kier molecular flexibility index (Phi) is 6.86. The number of hydrogen-bond donors (Lipinski definition) is 2. The van der Waals surface area contributed by atoms with Crippen LogP contribution < -0.4 is 10.0 Å². The van der Waals surface area contributed by atoms with Gasteiger partial charge in [-0.1, -0.05) is 24.4 Å². The fourth-order valence-corrected chi connectivity index (χ4v) is 4.77. The van der Waals surface area contributed by atoms with Gasteiger partial charge in [0.25, 0.3) is 15.9 Å². The molecule has 0 radical (unpaired) electrons. The van der Waals surface area contributed by atoms with E-state index in [4.69, 9.17) is 16.3 Å². The molecule has 0 saturated heterocycles. The summed E-state index contributed by atoms with van der Waals surface area (Å²) in [6.45, 7) is 1.90. The highest BCUT2D eigenvalue weighted by Gasteiger charge is 2.44. The standard InChI is InChI=1S/C21H22ClFN2O5S/c1-2-30-20(27)21(11-3-4-12-21)24-19(26)14-5-10-17(22)18(13-14)25-31(28,29)16-8-6-15(23)7-9-16/h5-10,13,25H,2-4,11-12H2,1H3,(H,24,26). The molecule has 10 heteroatoms. The number of esters is 1. The summed E-state index contributed by atoms with van der Waals surface area (Å²) in [6, 6.07) is 8.38. The Balaban J connectivity index is 1.84. The van der Waals surface area contributed by atoms with Gasteiger partial charge in [0.2, 0.25) is 0 Å². The minimum Gasteiger partial charge on any atom is -0.464 e. The van der Waals surface area contributed by atoms with Crippen LogP contribution in [-0.2, 0) is 19.6 Å². The molecule has 0 aliphatic heterocycles. The van der Waals surface area contributed by atoms with Crippen molar-refractivity contribution in [3.05, 3.63) is 58.9 Å². The van der Waals surface area contributed by atoms with E-state index in [2.05, 4.69) is 10.0 Å². The molecule has 0 aromatic heterocycles. The van der Waals surface area contributed by atoms with E-state index in [0.717, 1.165) is 37.1 Å². The third-order valence-electron chi connectivity index (χ3n) is 5.07. The van der Waals surface area contributed by atoms with Crippen molar-refractivity contribution in [2.24, 2.45) is 0 Å². The Morgan fingerprint density at radius 1 is 1.13 bits per heavy atom. The maximum atomic E-state index is 13.1. The monoisotopic (exact) mass is 468 g/mol. The number of ether oxygens (including phenoxy) is 1. The first kappa shape index (κ1) is 23.0. The molecule has 2 aromatic rings. The van der Waals surface area contributed by atoms with Gasteiger partial charge in [-0.25, -0.2) is 17.6 Å². The first-order valence-corrected chi connectivity index (χ1v) is 11.6. The molecule has 1 aliphatic carbocycles. The highest BCUT2D eigenvalue weighted by atomic mass is 35.5. The van der Waals surface area contributed by atoms with Gasteiger partial charge in [-0.15, -0.1) is 0 Å². The Morgan fingerprint density at radius 3 is 2.39 bits per heavy atom. The van der Waals surface area contributed by atoms with E-state index in [1.807, 2.05) is 0 Å². The summed E-state index contributed by atoms with van der Waals surface area (Å²) in [6.07, 6.45) is 2.50. The van der Waals surface area contributed by atoms with Crippen LogP contribution in [0.4, 0.5) is 10.1 Å². The van der Waals surface area contributed by atoms with Crippen LogP contribution in [0, 0.1) is 5.82 Å². The quantitative estimate of drug-likeness (QED) is 0.600. The van der Waals surface area contributed by atoms with Crippen molar-refractivity contribution < 1.29 is 27.1 Å². The highest BCUT2D eigenvalue weighted by molar-refractivity contribution is 7.92. The number of sulfonamides is 1. The molecule has 3 rings (SSSR count). The molecular weight excluding hydrogens is 447 g/mol. The molecule has 2 aromatic carbocycles. The molecule has 1 fully saturated rings. The van der Waals surface area contributed by atoms with Crippen molar-refractivity contribution in [1.82, 2.24) is 5.32 Å². The van der Waals surface area contributed by atoms with E-state index in [0.29, 0.717) is 12.8 Å². The lowest BCUT2D eigenvalue weighted by molar-refractivity contribution is -0.150. The molecule has 7 nitrogen and oxygen atoms in total. The molecule has 1 aliphatic rings. The number of benzene rings is 2. The zero-order valence-electron chi connectivity index (χ0n) is 16.8. The Morgan fingerprint density at radius 2 is 1.77 bits per heavy atom. The summed E-state index contributed by atoms with van der Waals surface area (Å²) in [7, 11) is -4.06. The zero-order chi connectivity index (χ0) is 22.6. The number of carbonyl (C=O) groups is 2. The molecular formula is C21H22ClFN2O5S. The first-order valence-electron chi connectivity index (χ1n) is 9.74. The molecule has 1 saturated carbocycles. The second kappa shape index (κ2) is 9.23. The maximum Gasteiger partial charge on any atom is 0.331 e. The molecule has 1 amide bonds. The van der Waals surface area contributed by atoms with Crippen LogP contribution in [0.3, 0.4) is 0 Å². The number of carbonyl (C=O) groups excluding carboxylic acids is 2. The molecule has 0 spiro atoms.